The number of halogens is 1. The molecule has 0 saturated carbocycles. The first-order chi connectivity index (χ1) is 9.72. The van der Waals surface area contributed by atoms with Gasteiger partial charge in [-0.2, -0.15) is 0 Å². The molecule has 0 aliphatic carbocycles. The summed E-state index contributed by atoms with van der Waals surface area (Å²) in [7, 11) is 0. The Morgan fingerprint density at radius 2 is 2.05 bits per heavy atom. The topological polar surface area (TPSA) is 17.8 Å². The summed E-state index contributed by atoms with van der Waals surface area (Å²) in [6.45, 7) is 6.28. The lowest BCUT2D eigenvalue weighted by Gasteiger charge is -2.05. The normalized spacial score (nSPS) is 11.3. The number of alkyl halides is 1. The van der Waals surface area contributed by atoms with E-state index in [9.17, 15) is 4.39 Å². The number of pyridine rings is 1. The lowest BCUT2D eigenvalue weighted by Crippen LogP contribution is -1.98. The molecule has 0 radical (unpaired) electrons. The third-order valence-electron chi connectivity index (χ3n) is 3.61. The zero-order valence-corrected chi connectivity index (χ0v) is 11.6. The Kier molecular flexibility index (Phi) is 3.26. The van der Waals surface area contributed by atoms with Crippen molar-refractivity contribution >= 4 is 27.4 Å². The van der Waals surface area contributed by atoms with E-state index in [1.54, 1.807) is 0 Å². The fraction of sp³-hybridized carbons (Fsp3) is 0.235. The summed E-state index contributed by atoms with van der Waals surface area (Å²) in [6.07, 6.45) is 2.40. The standard InChI is InChI=1S/C17H17FN2/c1-12(2)15-10-14-13-6-3-4-7-16(13)20(9-5-8-18)17(14)11-19-15/h3-4,6-7,10-11H,1,5,8-9H2,2H3. The molecule has 0 spiro atoms. The van der Waals surface area contributed by atoms with Crippen molar-refractivity contribution in [2.24, 2.45) is 0 Å². The molecule has 0 saturated heterocycles. The van der Waals surface area contributed by atoms with Crippen molar-refractivity contribution in [3.63, 3.8) is 0 Å². The van der Waals surface area contributed by atoms with Gasteiger partial charge in [0.1, 0.15) is 0 Å². The van der Waals surface area contributed by atoms with Crippen LogP contribution in [-0.4, -0.2) is 16.2 Å². The second kappa shape index (κ2) is 5.08. The third kappa shape index (κ3) is 1.99. The van der Waals surface area contributed by atoms with Gasteiger partial charge < -0.3 is 4.57 Å². The predicted molar refractivity (Wildman–Crippen MR) is 82.5 cm³/mol. The highest BCUT2D eigenvalue weighted by molar-refractivity contribution is 6.08. The van der Waals surface area contributed by atoms with E-state index in [0.717, 1.165) is 27.7 Å². The maximum atomic E-state index is 12.5. The summed E-state index contributed by atoms with van der Waals surface area (Å²) < 4.78 is 14.7. The molecule has 0 aliphatic heterocycles. The number of allylic oxidation sites excluding steroid dienone is 1. The van der Waals surface area contributed by atoms with Gasteiger partial charge in [-0.15, -0.1) is 0 Å². The predicted octanol–water partition coefficient (Wildman–Crippen LogP) is 4.58. The Hall–Kier alpha value is -2.16. The molecule has 2 heterocycles. The molecule has 102 valence electrons. The van der Waals surface area contributed by atoms with Gasteiger partial charge in [-0.1, -0.05) is 24.8 Å². The zero-order chi connectivity index (χ0) is 14.1. The molecule has 3 rings (SSSR count). The van der Waals surface area contributed by atoms with Crippen molar-refractivity contribution in [2.75, 3.05) is 6.67 Å². The lowest BCUT2D eigenvalue weighted by molar-refractivity contribution is 0.452. The van der Waals surface area contributed by atoms with Gasteiger partial charge in [0.05, 0.1) is 24.1 Å². The van der Waals surface area contributed by atoms with Gasteiger partial charge in [0.2, 0.25) is 0 Å². The first-order valence-electron chi connectivity index (χ1n) is 6.81. The van der Waals surface area contributed by atoms with E-state index in [4.69, 9.17) is 0 Å². The maximum absolute atomic E-state index is 12.5. The molecule has 0 amide bonds. The molecule has 0 fully saturated rings. The lowest BCUT2D eigenvalue weighted by atomic mass is 10.1. The molecule has 0 N–H and O–H groups in total. The number of aromatic nitrogens is 2. The molecular formula is C17H17FN2. The Balaban J connectivity index is 2.32. The van der Waals surface area contributed by atoms with Crippen molar-refractivity contribution in [3.8, 4) is 0 Å². The molecule has 20 heavy (non-hydrogen) atoms. The van der Waals surface area contributed by atoms with E-state index in [-0.39, 0.29) is 6.67 Å². The summed E-state index contributed by atoms with van der Waals surface area (Å²) in [6, 6.07) is 10.3. The van der Waals surface area contributed by atoms with Gasteiger partial charge in [0.25, 0.3) is 0 Å². The molecule has 0 unspecified atom stereocenters. The average Bonchev–Trinajstić information content (AvgIpc) is 2.78. The van der Waals surface area contributed by atoms with Crippen molar-refractivity contribution in [3.05, 3.63) is 48.8 Å². The number of rotatable bonds is 4. The van der Waals surface area contributed by atoms with Gasteiger partial charge in [-0.25, -0.2) is 0 Å². The quantitative estimate of drug-likeness (QED) is 0.677. The van der Waals surface area contributed by atoms with E-state index in [2.05, 4.69) is 34.3 Å². The number of fused-ring (bicyclic) bond motifs is 3. The van der Waals surface area contributed by atoms with Crippen molar-refractivity contribution < 1.29 is 4.39 Å². The van der Waals surface area contributed by atoms with Crippen LogP contribution in [0.2, 0.25) is 0 Å². The van der Waals surface area contributed by atoms with Crippen LogP contribution in [0.1, 0.15) is 19.0 Å². The smallest absolute Gasteiger partial charge is 0.0911 e. The molecule has 1 aromatic carbocycles. The van der Waals surface area contributed by atoms with Crippen LogP contribution in [0.5, 0.6) is 0 Å². The maximum Gasteiger partial charge on any atom is 0.0911 e. The number of hydrogen-bond donors (Lipinski definition) is 0. The minimum absolute atomic E-state index is 0.300. The largest absolute Gasteiger partial charge is 0.339 e. The fourth-order valence-corrected chi connectivity index (χ4v) is 2.64. The monoisotopic (exact) mass is 268 g/mol. The van der Waals surface area contributed by atoms with Gasteiger partial charge in [0, 0.05) is 22.8 Å². The molecule has 3 heteroatoms. The van der Waals surface area contributed by atoms with Gasteiger partial charge >= 0.3 is 0 Å². The van der Waals surface area contributed by atoms with E-state index >= 15 is 0 Å². The molecule has 0 aliphatic rings. The summed E-state index contributed by atoms with van der Waals surface area (Å²) >= 11 is 0. The molecule has 0 atom stereocenters. The summed E-state index contributed by atoms with van der Waals surface area (Å²) in [5, 5.41) is 2.35. The zero-order valence-electron chi connectivity index (χ0n) is 11.6. The SMILES string of the molecule is C=C(C)c1cc2c3ccccc3n(CCCF)c2cn1. The first kappa shape index (κ1) is 12.9. The van der Waals surface area contributed by atoms with E-state index in [1.807, 2.05) is 25.3 Å². The molecule has 2 nitrogen and oxygen atoms in total. The second-order valence-electron chi connectivity index (χ2n) is 5.08. The van der Waals surface area contributed by atoms with Gasteiger partial charge in [-0.3, -0.25) is 9.37 Å². The van der Waals surface area contributed by atoms with Crippen LogP contribution >= 0.6 is 0 Å². The molecular weight excluding hydrogens is 251 g/mol. The second-order valence-corrected chi connectivity index (χ2v) is 5.08. The highest BCUT2D eigenvalue weighted by Gasteiger charge is 2.11. The number of para-hydroxylation sites is 1. The van der Waals surface area contributed by atoms with Crippen LogP contribution in [0.4, 0.5) is 4.39 Å². The Labute approximate surface area is 117 Å². The average molecular weight is 268 g/mol. The summed E-state index contributed by atoms with van der Waals surface area (Å²) in [4.78, 5) is 4.46. The molecule has 2 aromatic heterocycles. The van der Waals surface area contributed by atoms with E-state index in [0.29, 0.717) is 13.0 Å². The Morgan fingerprint density at radius 1 is 1.25 bits per heavy atom. The summed E-state index contributed by atoms with van der Waals surface area (Å²) in [5.74, 6) is 0. The Bertz CT molecular complexity index is 786. The van der Waals surface area contributed by atoms with Crippen LogP contribution in [0.25, 0.3) is 27.4 Å². The van der Waals surface area contributed by atoms with Crippen LogP contribution < -0.4 is 0 Å². The number of hydrogen-bond acceptors (Lipinski definition) is 1. The molecule has 0 bridgehead atoms. The van der Waals surface area contributed by atoms with Crippen LogP contribution in [-0.2, 0) is 6.54 Å². The number of aryl methyl sites for hydroxylation is 1. The Morgan fingerprint density at radius 3 is 2.80 bits per heavy atom. The first-order valence-corrected chi connectivity index (χ1v) is 6.81. The van der Waals surface area contributed by atoms with E-state index in [1.165, 1.54) is 5.39 Å². The van der Waals surface area contributed by atoms with Gasteiger partial charge in [-0.05, 0) is 31.1 Å². The van der Waals surface area contributed by atoms with Gasteiger partial charge in [0.15, 0.2) is 0 Å². The van der Waals surface area contributed by atoms with Crippen molar-refractivity contribution in [2.45, 2.75) is 19.9 Å². The molecule has 3 aromatic rings. The fourth-order valence-electron chi connectivity index (χ4n) is 2.64. The summed E-state index contributed by atoms with van der Waals surface area (Å²) in [5.41, 5.74) is 4.06. The highest BCUT2D eigenvalue weighted by Crippen LogP contribution is 2.30. The van der Waals surface area contributed by atoms with E-state index < -0.39 is 0 Å². The minimum Gasteiger partial charge on any atom is -0.339 e. The van der Waals surface area contributed by atoms with Crippen molar-refractivity contribution in [1.82, 2.24) is 9.55 Å². The van der Waals surface area contributed by atoms with Crippen LogP contribution in [0, 0.1) is 0 Å². The highest BCUT2D eigenvalue weighted by atomic mass is 19.1. The van der Waals surface area contributed by atoms with Crippen LogP contribution in [0.3, 0.4) is 0 Å². The van der Waals surface area contributed by atoms with Crippen LogP contribution in [0.15, 0.2) is 43.1 Å². The van der Waals surface area contributed by atoms with Crippen molar-refractivity contribution in [1.29, 1.82) is 0 Å². The number of benzene rings is 1. The number of nitrogens with zero attached hydrogens (tertiary/aromatic N) is 2. The minimum atomic E-state index is -0.300. The third-order valence-corrected chi connectivity index (χ3v) is 3.61.